The van der Waals surface area contributed by atoms with Gasteiger partial charge in [-0.25, -0.2) is 4.98 Å². The predicted molar refractivity (Wildman–Crippen MR) is 134 cm³/mol. The summed E-state index contributed by atoms with van der Waals surface area (Å²) in [7, 11) is 1.67. The summed E-state index contributed by atoms with van der Waals surface area (Å²) in [4.78, 5) is 19.6. The van der Waals surface area contributed by atoms with Gasteiger partial charge in [0.25, 0.3) is 0 Å². The average Bonchev–Trinajstić information content (AvgIpc) is 3.48. The zero-order valence-corrected chi connectivity index (χ0v) is 20.9. The number of fused-ring (bicyclic) bond motifs is 1. The summed E-state index contributed by atoms with van der Waals surface area (Å²) in [5, 5.41) is 2.85. The molecule has 2 aromatic carbocycles. The van der Waals surface area contributed by atoms with Crippen LogP contribution in [0.2, 0.25) is 0 Å². The molecular formula is C27H32N2O4S. The van der Waals surface area contributed by atoms with Crippen molar-refractivity contribution in [2.75, 3.05) is 13.9 Å². The minimum absolute atomic E-state index is 0.139. The van der Waals surface area contributed by atoms with Gasteiger partial charge in [-0.15, -0.1) is 11.3 Å². The van der Waals surface area contributed by atoms with Crippen molar-refractivity contribution in [2.45, 2.75) is 52.7 Å². The fourth-order valence-corrected chi connectivity index (χ4v) is 4.80. The first-order valence-corrected chi connectivity index (χ1v) is 12.6. The fraction of sp³-hybridized carbons (Fsp3) is 0.407. The summed E-state index contributed by atoms with van der Waals surface area (Å²) in [6.07, 6.45) is 2.54. The van der Waals surface area contributed by atoms with E-state index in [0.29, 0.717) is 24.6 Å². The first kappa shape index (κ1) is 24.2. The van der Waals surface area contributed by atoms with Crippen LogP contribution in [0.5, 0.6) is 17.2 Å². The lowest BCUT2D eigenvalue weighted by molar-refractivity contribution is 0.0973. The zero-order chi connectivity index (χ0) is 23.9. The highest BCUT2D eigenvalue weighted by Gasteiger charge is 2.17. The van der Waals surface area contributed by atoms with E-state index in [0.717, 1.165) is 53.8 Å². The lowest BCUT2D eigenvalue weighted by Gasteiger charge is -2.22. The topological polar surface area (TPSA) is 60.9 Å². The number of carbonyl (C=O) groups is 1. The smallest absolute Gasteiger partial charge is 0.231 e. The number of rotatable bonds is 12. The molecule has 1 aromatic heterocycles. The largest absolute Gasteiger partial charge is 0.497 e. The SMILES string of the molecule is COc1ccc(CN(Cc2ccc3c(c2)OCO3)Cc2nc(C(=O)CCCC(C)C)cs2)cc1. The maximum Gasteiger partial charge on any atom is 0.231 e. The number of ether oxygens (including phenoxy) is 3. The summed E-state index contributed by atoms with van der Waals surface area (Å²) >= 11 is 1.55. The van der Waals surface area contributed by atoms with E-state index < -0.39 is 0 Å². The lowest BCUT2D eigenvalue weighted by Crippen LogP contribution is -2.22. The predicted octanol–water partition coefficient (Wildman–Crippen LogP) is 6.09. The Morgan fingerprint density at radius 1 is 1.06 bits per heavy atom. The van der Waals surface area contributed by atoms with Crippen LogP contribution >= 0.6 is 11.3 Å². The molecular weight excluding hydrogens is 448 g/mol. The van der Waals surface area contributed by atoms with Crippen LogP contribution in [0.1, 0.15) is 59.7 Å². The molecule has 0 bridgehead atoms. The van der Waals surface area contributed by atoms with Gasteiger partial charge in [-0.05, 0) is 47.7 Å². The molecule has 7 heteroatoms. The second-order valence-corrected chi connectivity index (χ2v) is 9.96. The van der Waals surface area contributed by atoms with Crippen LogP contribution in [0.25, 0.3) is 0 Å². The van der Waals surface area contributed by atoms with E-state index in [1.54, 1.807) is 18.4 Å². The van der Waals surface area contributed by atoms with Crippen LogP contribution in [0.3, 0.4) is 0 Å². The van der Waals surface area contributed by atoms with Gasteiger partial charge in [-0.3, -0.25) is 9.69 Å². The number of ketones is 1. The van der Waals surface area contributed by atoms with E-state index in [2.05, 4.69) is 41.9 Å². The third kappa shape index (κ3) is 6.58. The van der Waals surface area contributed by atoms with Crippen molar-refractivity contribution in [3.8, 4) is 17.2 Å². The zero-order valence-electron chi connectivity index (χ0n) is 20.1. The summed E-state index contributed by atoms with van der Waals surface area (Å²) in [5.74, 6) is 3.16. The Morgan fingerprint density at radius 3 is 2.56 bits per heavy atom. The molecule has 0 saturated heterocycles. The maximum absolute atomic E-state index is 12.6. The molecule has 0 atom stereocenters. The van der Waals surface area contributed by atoms with E-state index in [1.165, 1.54) is 5.56 Å². The minimum Gasteiger partial charge on any atom is -0.497 e. The highest BCUT2D eigenvalue weighted by molar-refractivity contribution is 7.09. The van der Waals surface area contributed by atoms with Crippen LogP contribution in [-0.4, -0.2) is 29.6 Å². The molecule has 0 N–H and O–H groups in total. The maximum atomic E-state index is 12.6. The number of hydrogen-bond acceptors (Lipinski definition) is 7. The molecule has 4 rings (SSSR count). The Morgan fingerprint density at radius 2 is 1.79 bits per heavy atom. The third-order valence-corrected chi connectivity index (χ3v) is 6.62. The third-order valence-electron chi connectivity index (χ3n) is 5.79. The van der Waals surface area contributed by atoms with E-state index in [1.807, 2.05) is 29.6 Å². The summed E-state index contributed by atoms with van der Waals surface area (Å²) in [6, 6.07) is 14.2. The van der Waals surface area contributed by atoms with E-state index in [4.69, 9.17) is 14.2 Å². The number of aromatic nitrogens is 1. The summed E-state index contributed by atoms with van der Waals surface area (Å²) in [5.41, 5.74) is 2.92. The number of methoxy groups -OCH3 is 1. The average molecular weight is 481 g/mol. The van der Waals surface area contributed by atoms with Crippen LogP contribution in [0.15, 0.2) is 47.8 Å². The molecule has 1 aliphatic heterocycles. The van der Waals surface area contributed by atoms with Crippen LogP contribution in [0.4, 0.5) is 0 Å². The summed E-state index contributed by atoms with van der Waals surface area (Å²) < 4.78 is 16.3. The van der Waals surface area contributed by atoms with Crippen LogP contribution in [0, 0.1) is 5.92 Å². The van der Waals surface area contributed by atoms with Crippen LogP contribution < -0.4 is 14.2 Å². The van der Waals surface area contributed by atoms with Crippen molar-refractivity contribution in [1.29, 1.82) is 0 Å². The molecule has 0 spiro atoms. The molecule has 180 valence electrons. The van der Waals surface area contributed by atoms with E-state index in [9.17, 15) is 4.79 Å². The molecule has 0 radical (unpaired) electrons. The van der Waals surface area contributed by atoms with E-state index >= 15 is 0 Å². The van der Waals surface area contributed by atoms with Gasteiger partial charge in [0.05, 0.1) is 13.7 Å². The molecule has 0 saturated carbocycles. The summed E-state index contributed by atoms with van der Waals surface area (Å²) in [6.45, 7) is 6.76. The van der Waals surface area contributed by atoms with Crippen LogP contribution in [-0.2, 0) is 19.6 Å². The highest BCUT2D eigenvalue weighted by atomic mass is 32.1. The normalized spacial score (nSPS) is 12.5. The van der Waals surface area contributed by atoms with Gasteiger partial charge in [0, 0.05) is 24.9 Å². The second kappa shape index (κ2) is 11.5. The molecule has 2 heterocycles. The molecule has 0 fully saturated rings. The van der Waals surface area contributed by atoms with Crippen molar-refractivity contribution in [1.82, 2.24) is 9.88 Å². The number of thiazole rings is 1. The first-order valence-electron chi connectivity index (χ1n) is 11.7. The minimum atomic E-state index is 0.139. The number of hydrogen-bond donors (Lipinski definition) is 0. The van der Waals surface area contributed by atoms with Crippen molar-refractivity contribution in [3.05, 3.63) is 69.7 Å². The van der Waals surface area contributed by atoms with Gasteiger partial charge in [0.2, 0.25) is 6.79 Å². The Balaban J connectivity index is 1.46. The van der Waals surface area contributed by atoms with Gasteiger partial charge in [-0.1, -0.05) is 38.5 Å². The number of Topliss-reactive ketones (excluding diaryl/α,β-unsaturated/α-hetero) is 1. The van der Waals surface area contributed by atoms with E-state index in [-0.39, 0.29) is 12.6 Å². The molecule has 0 amide bonds. The van der Waals surface area contributed by atoms with Gasteiger partial charge < -0.3 is 14.2 Å². The molecule has 1 aliphatic rings. The lowest BCUT2D eigenvalue weighted by atomic mass is 10.0. The standard InChI is InChI=1S/C27H32N2O4S/c1-19(2)5-4-6-24(30)23-17-34-27(28-23)16-29(14-20-7-10-22(31-3)11-8-20)15-21-9-12-25-26(13-21)33-18-32-25/h7-13,17,19H,4-6,14-16,18H2,1-3H3. The second-order valence-electron chi connectivity index (χ2n) is 9.02. The van der Waals surface area contributed by atoms with Gasteiger partial charge in [0.15, 0.2) is 17.3 Å². The van der Waals surface area contributed by atoms with Crippen molar-refractivity contribution in [3.63, 3.8) is 0 Å². The Kier molecular flexibility index (Phi) is 8.19. The molecule has 3 aromatic rings. The van der Waals surface area contributed by atoms with Crippen molar-refractivity contribution in [2.24, 2.45) is 5.92 Å². The van der Waals surface area contributed by atoms with Gasteiger partial charge >= 0.3 is 0 Å². The first-order chi connectivity index (χ1) is 16.5. The Labute approximate surface area is 205 Å². The molecule has 34 heavy (non-hydrogen) atoms. The molecule has 0 aliphatic carbocycles. The van der Waals surface area contributed by atoms with Crippen molar-refractivity contribution < 1.29 is 19.0 Å². The quantitative estimate of drug-likeness (QED) is 0.292. The highest BCUT2D eigenvalue weighted by Crippen LogP contribution is 2.33. The number of nitrogens with zero attached hydrogens (tertiary/aromatic N) is 2. The Hall–Kier alpha value is -2.90. The van der Waals surface area contributed by atoms with Crippen molar-refractivity contribution >= 4 is 17.1 Å². The molecule has 6 nitrogen and oxygen atoms in total. The monoisotopic (exact) mass is 480 g/mol. The Bertz CT molecular complexity index is 1090. The molecule has 0 unspecified atom stereocenters. The fourth-order valence-electron chi connectivity index (χ4n) is 3.96. The van der Waals surface area contributed by atoms with Gasteiger partial charge in [-0.2, -0.15) is 0 Å². The number of carbonyl (C=O) groups excluding carboxylic acids is 1. The number of benzene rings is 2. The van der Waals surface area contributed by atoms with Gasteiger partial charge in [0.1, 0.15) is 16.5 Å².